The predicted molar refractivity (Wildman–Crippen MR) is 81.2 cm³/mol. The van der Waals surface area contributed by atoms with Crippen LogP contribution in [0.4, 0.5) is 0 Å². The molecular formula is C15H24N2O2S. The summed E-state index contributed by atoms with van der Waals surface area (Å²) in [5.41, 5.74) is 1.23. The molecule has 1 fully saturated rings. The number of benzene rings is 1. The molecule has 112 valence electrons. The van der Waals surface area contributed by atoms with Crippen LogP contribution in [0.5, 0.6) is 0 Å². The highest BCUT2D eigenvalue weighted by atomic mass is 32.2. The lowest BCUT2D eigenvalue weighted by Crippen LogP contribution is -2.28. The van der Waals surface area contributed by atoms with E-state index in [9.17, 15) is 8.42 Å². The first-order valence-corrected chi connectivity index (χ1v) is 8.89. The maximum atomic E-state index is 12.0. The van der Waals surface area contributed by atoms with E-state index >= 15 is 0 Å². The Morgan fingerprint density at radius 2 is 1.85 bits per heavy atom. The minimum atomic E-state index is -3.33. The fourth-order valence-corrected chi connectivity index (χ4v) is 3.68. The average molecular weight is 296 g/mol. The van der Waals surface area contributed by atoms with Crippen LogP contribution in [0.15, 0.2) is 29.2 Å². The van der Waals surface area contributed by atoms with Gasteiger partial charge in [-0.05, 0) is 62.4 Å². The first-order valence-electron chi connectivity index (χ1n) is 7.41. The van der Waals surface area contributed by atoms with Crippen LogP contribution in [0.1, 0.15) is 31.7 Å². The van der Waals surface area contributed by atoms with Crippen LogP contribution in [0.3, 0.4) is 0 Å². The molecule has 0 atom stereocenters. The van der Waals surface area contributed by atoms with Gasteiger partial charge in [0, 0.05) is 6.54 Å². The van der Waals surface area contributed by atoms with Crippen LogP contribution < -0.4 is 10.0 Å². The highest BCUT2D eigenvalue weighted by Gasteiger charge is 2.15. The van der Waals surface area contributed by atoms with E-state index in [1.54, 1.807) is 12.1 Å². The van der Waals surface area contributed by atoms with E-state index in [4.69, 9.17) is 0 Å². The van der Waals surface area contributed by atoms with Gasteiger partial charge in [-0.1, -0.05) is 19.1 Å². The number of nitrogens with one attached hydrogen (secondary N) is 2. The molecule has 0 aliphatic carbocycles. The van der Waals surface area contributed by atoms with Crippen LogP contribution in [-0.2, 0) is 16.4 Å². The SMILES string of the molecule is CCCNS(=O)(=O)c1ccc(CC2CCNCC2)cc1. The number of rotatable bonds is 6. The van der Waals surface area contributed by atoms with Gasteiger partial charge in [-0.2, -0.15) is 0 Å². The second kappa shape index (κ2) is 7.20. The normalized spacial score (nSPS) is 17.2. The molecular weight excluding hydrogens is 272 g/mol. The lowest BCUT2D eigenvalue weighted by Gasteiger charge is -2.22. The van der Waals surface area contributed by atoms with Crippen molar-refractivity contribution in [2.24, 2.45) is 5.92 Å². The fourth-order valence-electron chi connectivity index (χ4n) is 2.54. The van der Waals surface area contributed by atoms with Gasteiger partial charge >= 0.3 is 0 Å². The van der Waals surface area contributed by atoms with Gasteiger partial charge < -0.3 is 5.32 Å². The molecule has 0 bridgehead atoms. The highest BCUT2D eigenvalue weighted by molar-refractivity contribution is 7.89. The largest absolute Gasteiger partial charge is 0.317 e. The van der Waals surface area contributed by atoms with Crippen molar-refractivity contribution in [3.05, 3.63) is 29.8 Å². The average Bonchev–Trinajstić information content (AvgIpc) is 2.47. The molecule has 4 nitrogen and oxygen atoms in total. The van der Waals surface area contributed by atoms with Crippen molar-refractivity contribution in [1.82, 2.24) is 10.0 Å². The lowest BCUT2D eigenvalue weighted by atomic mass is 9.91. The number of hydrogen-bond donors (Lipinski definition) is 2. The first-order chi connectivity index (χ1) is 9.62. The van der Waals surface area contributed by atoms with Gasteiger partial charge in [0.1, 0.15) is 0 Å². The number of hydrogen-bond acceptors (Lipinski definition) is 3. The van der Waals surface area contributed by atoms with Crippen molar-refractivity contribution in [2.75, 3.05) is 19.6 Å². The van der Waals surface area contributed by atoms with Gasteiger partial charge in [-0.15, -0.1) is 0 Å². The summed E-state index contributed by atoms with van der Waals surface area (Å²) in [5.74, 6) is 0.719. The zero-order valence-corrected chi connectivity index (χ0v) is 12.9. The Hall–Kier alpha value is -0.910. The molecule has 2 N–H and O–H groups in total. The van der Waals surface area contributed by atoms with Gasteiger partial charge in [0.15, 0.2) is 0 Å². The molecule has 0 spiro atoms. The summed E-state index contributed by atoms with van der Waals surface area (Å²) in [4.78, 5) is 0.361. The third-order valence-corrected chi connectivity index (χ3v) is 5.24. The van der Waals surface area contributed by atoms with Gasteiger partial charge in [-0.3, -0.25) is 0 Å². The topological polar surface area (TPSA) is 58.2 Å². The summed E-state index contributed by atoms with van der Waals surface area (Å²) in [6, 6.07) is 7.33. The Balaban J connectivity index is 1.98. The standard InChI is InChI=1S/C15H24N2O2S/c1-2-9-17-20(18,19)15-5-3-13(4-6-15)12-14-7-10-16-11-8-14/h3-6,14,16-17H,2,7-12H2,1H3. The van der Waals surface area contributed by atoms with Crippen LogP contribution in [0, 0.1) is 5.92 Å². The summed E-state index contributed by atoms with van der Waals surface area (Å²) in [6.07, 6.45) is 4.26. The smallest absolute Gasteiger partial charge is 0.240 e. The molecule has 1 aromatic rings. The molecule has 5 heteroatoms. The number of piperidine rings is 1. The Labute approximate surface area is 122 Å². The molecule has 1 aromatic carbocycles. The Morgan fingerprint density at radius 3 is 2.45 bits per heavy atom. The monoisotopic (exact) mass is 296 g/mol. The van der Waals surface area contributed by atoms with Gasteiger partial charge in [0.25, 0.3) is 0 Å². The van der Waals surface area contributed by atoms with Crippen molar-refractivity contribution in [3.8, 4) is 0 Å². The molecule has 1 saturated heterocycles. The molecule has 0 amide bonds. The van der Waals surface area contributed by atoms with Crippen molar-refractivity contribution in [3.63, 3.8) is 0 Å². The molecule has 20 heavy (non-hydrogen) atoms. The minimum absolute atomic E-state index is 0.361. The quantitative estimate of drug-likeness (QED) is 0.843. The molecule has 1 heterocycles. The Kier molecular flexibility index (Phi) is 5.57. The fraction of sp³-hybridized carbons (Fsp3) is 0.600. The molecule has 2 rings (SSSR count). The molecule has 0 radical (unpaired) electrons. The summed E-state index contributed by atoms with van der Waals surface area (Å²) in [6.45, 7) is 4.62. The van der Waals surface area contributed by atoms with Crippen LogP contribution >= 0.6 is 0 Å². The van der Waals surface area contributed by atoms with E-state index in [2.05, 4.69) is 10.0 Å². The Bertz CT molecular complexity index is 505. The van der Waals surface area contributed by atoms with Crippen molar-refractivity contribution < 1.29 is 8.42 Å². The summed E-state index contributed by atoms with van der Waals surface area (Å²) in [5, 5.41) is 3.36. The van der Waals surface area contributed by atoms with Crippen LogP contribution in [0.25, 0.3) is 0 Å². The summed E-state index contributed by atoms with van der Waals surface area (Å²) >= 11 is 0. The van der Waals surface area contributed by atoms with E-state index in [1.165, 1.54) is 18.4 Å². The van der Waals surface area contributed by atoms with E-state index < -0.39 is 10.0 Å². The van der Waals surface area contributed by atoms with E-state index in [1.807, 2.05) is 19.1 Å². The molecule has 0 aromatic heterocycles. The first kappa shape index (κ1) is 15.5. The third kappa shape index (κ3) is 4.30. The maximum Gasteiger partial charge on any atom is 0.240 e. The zero-order chi connectivity index (χ0) is 14.4. The van der Waals surface area contributed by atoms with Gasteiger partial charge in [0.2, 0.25) is 10.0 Å². The van der Waals surface area contributed by atoms with Gasteiger partial charge in [-0.25, -0.2) is 13.1 Å². The second-order valence-corrected chi connectivity index (χ2v) is 7.21. The second-order valence-electron chi connectivity index (χ2n) is 5.44. The van der Waals surface area contributed by atoms with Crippen LogP contribution in [0.2, 0.25) is 0 Å². The molecule has 0 unspecified atom stereocenters. The maximum absolute atomic E-state index is 12.0. The summed E-state index contributed by atoms with van der Waals surface area (Å²) in [7, 11) is -3.33. The summed E-state index contributed by atoms with van der Waals surface area (Å²) < 4.78 is 26.5. The molecule has 1 aliphatic rings. The highest BCUT2D eigenvalue weighted by Crippen LogP contribution is 2.19. The van der Waals surface area contributed by atoms with Crippen molar-refractivity contribution >= 4 is 10.0 Å². The van der Waals surface area contributed by atoms with E-state index in [0.717, 1.165) is 31.8 Å². The molecule has 0 saturated carbocycles. The predicted octanol–water partition coefficient (Wildman–Crippen LogP) is 1.92. The van der Waals surface area contributed by atoms with E-state index in [-0.39, 0.29) is 0 Å². The van der Waals surface area contributed by atoms with E-state index in [0.29, 0.717) is 11.4 Å². The lowest BCUT2D eigenvalue weighted by molar-refractivity contribution is 0.372. The molecule has 1 aliphatic heterocycles. The Morgan fingerprint density at radius 1 is 1.20 bits per heavy atom. The van der Waals surface area contributed by atoms with Crippen LogP contribution in [-0.4, -0.2) is 28.1 Å². The minimum Gasteiger partial charge on any atom is -0.317 e. The zero-order valence-electron chi connectivity index (χ0n) is 12.1. The van der Waals surface area contributed by atoms with Gasteiger partial charge in [0.05, 0.1) is 4.90 Å². The van der Waals surface area contributed by atoms with Crippen molar-refractivity contribution in [1.29, 1.82) is 0 Å². The van der Waals surface area contributed by atoms with Crippen molar-refractivity contribution in [2.45, 2.75) is 37.5 Å². The third-order valence-electron chi connectivity index (χ3n) is 3.76. The number of sulfonamides is 1.